The molecule has 0 aliphatic rings. The minimum absolute atomic E-state index is 0.0279. The van der Waals surface area contributed by atoms with Gasteiger partial charge in [0, 0.05) is 28.8 Å². The summed E-state index contributed by atoms with van der Waals surface area (Å²) in [6.07, 6.45) is 0. The van der Waals surface area contributed by atoms with Gasteiger partial charge in [-0.1, -0.05) is 6.07 Å². The summed E-state index contributed by atoms with van der Waals surface area (Å²) in [5.74, 6) is 0. The second-order valence-corrected chi connectivity index (χ2v) is 12.5. The fourth-order valence-corrected chi connectivity index (χ4v) is 7.01. The molecule has 1 atom stereocenters. The summed E-state index contributed by atoms with van der Waals surface area (Å²) in [5.41, 5.74) is -5.02. The summed E-state index contributed by atoms with van der Waals surface area (Å²) >= 11 is 0. The number of hydrogen-bond donors (Lipinski definition) is 2. The molecule has 1 rings (SSSR count). The summed E-state index contributed by atoms with van der Waals surface area (Å²) < 4.78 is 89.0. The van der Waals surface area contributed by atoms with Crippen molar-refractivity contribution in [2.24, 2.45) is 0 Å². The molecule has 0 aromatic heterocycles. The zero-order valence-electron chi connectivity index (χ0n) is 11.2. The minimum atomic E-state index is -5.02. The van der Waals surface area contributed by atoms with E-state index < -0.39 is 38.4 Å². The molecule has 0 amide bonds. The molecule has 0 heterocycles. The SMILES string of the molecule is CNS(=O)(=O)Sc1cccc([S+](C(F)(F)F)S(=O)(=O)NC)c1. The lowest BCUT2D eigenvalue weighted by Crippen LogP contribution is -2.37. The van der Waals surface area contributed by atoms with Gasteiger partial charge in [0.05, 0.1) is 0 Å². The van der Waals surface area contributed by atoms with Crippen LogP contribution in [0.3, 0.4) is 0 Å². The third kappa shape index (κ3) is 5.03. The molecule has 0 spiro atoms. The third-order valence-electron chi connectivity index (χ3n) is 2.16. The third-order valence-corrected chi connectivity index (χ3v) is 10.1. The van der Waals surface area contributed by atoms with E-state index in [9.17, 15) is 30.0 Å². The highest BCUT2D eigenvalue weighted by molar-refractivity contribution is 8.71. The van der Waals surface area contributed by atoms with Crippen molar-refractivity contribution in [3.8, 4) is 0 Å². The summed E-state index contributed by atoms with van der Waals surface area (Å²) in [7, 11) is -9.23. The highest BCUT2D eigenvalue weighted by Crippen LogP contribution is 2.37. The molecule has 2 N–H and O–H groups in total. The molecular weight excluding hydrogens is 385 g/mol. The fraction of sp³-hybridized carbons (Fsp3) is 0.333. The van der Waals surface area contributed by atoms with Gasteiger partial charge in [-0.25, -0.2) is 13.1 Å². The average molecular weight is 397 g/mol. The minimum Gasteiger partial charge on any atom is -0.209 e. The first-order valence-corrected chi connectivity index (χ1v) is 11.5. The monoisotopic (exact) mass is 397 g/mol. The Morgan fingerprint density at radius 1 is 1.09 bits per heavy atom. The van der Waals surface area contributed by atoms with Gasteiger partial charge in [0.15, 0.2) is 4.90 Å². The molecule has 0 aliphatic carbocycles. The maximum atomic E-state index is 13.1. The Kier molecular flexibility index (Phi) is 6.20. The Hall–Kier alpha value is -0.470. The molecule has 1 aromatic carbocycles. The number of nitrogens with one attached hydrogen (secondary N) is 2. The lowest BCUT2D eigenvalue weighted by Gasteiger charge is -2.10. The first kappa shape index (κ1) is 19.6. The van der Waals surface area contributed by atoms with Crippen LogP contribution in [-0.2, 0) is 28.0 Å². The van der Waals surface area contributed by atoms with Crippen molar-refractivity contribution in [3.63, 3.8) is 0 Å². The highest BCUT2D eigenvalue weighted by Gasteiger charge is 2.62. The summed E-state index contributed by atoms with van der Waals surface area (Å²) in [6.45, 7) is 0. The van der Waals surface area contributed by atoms with Crippen molar-refractivity contribution in [1.29, 1.82) is 0 Å². The van der Waals surface area contributed by atoms with E-state index in [2.05, 4.69) is 0 Å². The average Bonchev–Trinajstić information content (AvgIpc) is 2.36. The van der Waals surface area contributed by atoms with Crippen LogP contribution in [0, 0.1) is 0 Å². The van der Waals surface area contributed by atoms with Crippen LogP contribution in [0.5, 0.6) is 0 Å². The van der Waals surface area contributed by atoms with E-state index in [1.807, 2.05) is 4.72 Å². The van der Waals surface area contributed by atoms with Crippen molar-refractivity contribution in [3.05, 3.63) is 24.3 Å². The quantitative estimate of drug-likeness (QED) is 0.556. The predicted octanol–water partition coefficient (Wildman–Crippen LogP) is 1.20. The van der Waals surface area contributed by atoms with E-state index in [0.29, 0.717) is 0 Å². The molecule has 0 fully saturated rings. The number of benzene rings is 1. The van der Waals surface area contributed by atoms with Crippen LogP contribution in [0.2, 0.25) is 0 Å². The van der Waals surface area contributed by atoms with Crippen molar-refractivity contribution < 1.29 is 30.0 Å². The topological polar surface area (TPSA) is 92.3 Å². The van der Waals surface area contributed by atoms with Gasteiger partial charge in [0.2, 0.25) is 0 Å². The molecule has 6 nitrogen and oxygen atoms in total. The first-order chi connectivity index (χ1) is 9.93. The lowest BCUT2D eigenvalue weighted by atomic mass is 10.4. The number of halogens is 3. The lowest BCUT2D eigenvalue weighted by molar-refractivity contribution is -0.0352. The van der Waals surface area contributed by atoms with Crippen molar-refractivity contribution in [2.75, 3.05) is 14.1 Å². The maximum Gasteiger partial charge on any atom is 0.599 e. The molecule has 0 bridgehead atoms. The van der Waals surface area contributed by atoms with Gasteiger partial charge in [0.25, 0.3) is 19.0 Å². The molecule has 1 unspecified atom stereocenters. The van der Waals surface area contributed by atoms with Crippen LogP contribution in [0.15, 0.2) is 34.1 Å². The zero-order valence-corrected chi connectivity index (χ0v) is 14.5. The zero-order chi connectivity index (χ0) is 17.2. The number of hydrogen-bond acceptors (Lipinski definition) is 5. The number of rotatable bonds is 6. The van der Waals surface area contributed by atoms with Crippen LogP contribution in [0.1, 0.15) is 0 Å². The van der Waals surface area contributed by atoms with E-state index >= 15 is 0 Å². The Bertz CT molecular complexity index is 733. The van der Waals surface area contributed by atoms with Crippen molar-refractivity contribution in [2.45, 2.75) is 15.3 Å². The standard InChI is InChI=1S/C9H12F3N2O4S4/c1-13-21(15,16)19-7-4-3-5-8(6-7)20(9(10,11)12)22(17,18)14-2/h3-6,13-14H,1-2H3/q+1. The fourth-order valence-electron chi connectivity index (χ4n) is 1.28. The maximum absolute atomic E-state index is 13.1. The van der Waals surface area contributed by atoms with Gasteiger partial charge in [-0.05, 0) is 19.2 Å². The molecule has 22 heavy (non-hydrogen) atoms. The second-order valence-electron chi connectivity index (χ2n) is 3.59. The van der Waals surface area contributed by atoms with Gasteiger partial charge in [-0.15, -0.1) is 13.2 Å². The highest BCUT2D eigenvalue weighted by atomic mass is 33.2. The van der Waals surface area contributed by atoms with Crippen molar-refractivity contribution >= 4 is 38.8 Å². The Labute approximate surface area is 132 Å². The largest absolute Gasteiger partial charge is 0.599 e. The molecule has 0 saturated heterocycles. The van der Waals surface area contributed by atoms with Gasteiger partial charge < -0.3 is 0 Å². The van der Waals surface area contributed by atoms with E-state index in [0.717, 1.165) is 26.2 Å². The van der Waals surface area contributed by atoms with Crippen LogP contribution < -0.4 is 9.44 Å². The molecule has 126 valence electrons. The normalized spacial score (nSPS) is 14.8. The van der Waals surface area contributed by atoms with E-state index in [1.54, 1.807) is 4.72 Å². The molecule has 0 radical (unpaired) electrons. The van der Waals surface area contributed by atoms with Crippen molar-refractivity contribution in [1.82, 2.24) is 9.44 Å². The van der Waals surface area contributed by atoms with Crippen LogP contribution >= 0.6 is 10.8 Å². The molecule has 0 aliphatic heterocycles. The molecular formula is C9H12F3N2O4S4+. The number of alkyl halides is 3. The smallest absolute Gasteiger partial charge is 0.209 e. The van der Waals surface area contributed by atoms with Crippen LogP contribution in [0.4, 0.5) is 13.2 Å². The van der Waals surface area contributed by atoms with Gasteiger partial charge in [0.1, 0.15) is 0 Å². The molecule has 1 aromatic rings. The van der Waals surface area contributed by atoms with Crippen LogP contribution in [0.25, 0.3) is 0 Å². The summed E-state index contributed by atoms with van der Waals surface area (Å²) in [6, 6.07) is 4.32. The first-order valence-electron chi connectivity index (χ1n) is 5.41. The Morgan fingerprint density at radius 3 is 2.14 bits per heavy atom. The van der Waals surface area contributed by atoms with Gasteiger partial charge >= 0.3 is 14.6 Å². The molecule has 0 saturated carbocycles. The predicted molar refractivity (Wildman–Crippen MR) is 79.9 cm³/mol. The Morgan fingerprint density at radius 2 is 1.68 bits per heavy atom. The van der Waals surface area contributed by atoms with Gasteiger partial charge in [-0.3, -0.25) is 0 Å². The van der Waals surface area contributed by atoms with Crippen LogP contribution in [-0.4, -0.2) is 36.4 Å². The second kappa shape index (κ2) is 6.97. The van der Waals surface area contributed by atoms with E-state index in [4.69, 9.17) is 0 Å². The summed E-state index contributed by atoms with van der Waals surface area (Å²) in [4.78, 5) is -0.571. The summed E-state index contributed by atoms with van der Waals surface area (Å²) in [5, 5.41) is 0. The van der Waals surface area contributed by atoms with E-state index in [-0.39, 0.29) is 15.7 Å². The van der Waals surface area contributed by atoms with Gasteiger partial charge in [-0.2, -0.15) is 13.1 Å². The Balaban J connectivity index is 3.35. The molecule has 13 heteroatoms. The van der Waals surface area contributed by atoms with E-state index in [1.165, 1.54) is 12.1 Å².